The van der Waals surface area contributed by atoms with Crippen molar-refractivity contribution in [1.29, 1.82) is 0 Å². The summed E-state index contributed by atoms with van der Waals surface area (Å²) in [6.07, 6.45) is 0. The zero-order chi connectivity index (χ0) is 34.3. The van der Waals surface area contributed by atoms with Crippen LogP contribution in [0.2, 0.25) is 0 Å². The van der Waals surface area contributed by atoms with Crippen LogP contribution in [-0.2, 0) is 0 Å². The van der Waals surface area contributed by atoms with Gasteiger partial charge >= 0.3 is 0 Å². The molecular formula is C48H38N2Si. The van der Waals surface area contributed by atoms with Crippen LogP contribution in [0.4, 0.5) is 34.1 Å². The Labute approximate surface area is 302 Å². The van der Waals surface area contributed by atoms with Gasteiger partial charge in [0.05, 0.1) is 0 Å². The first-order chi connectivity index (χ1) is 25.3. The van der Waals surface area contributed by atoms with Gasteiger partial charge in [0.25, 0.3) is 0 Å². The van der Waals surface area contributed by atoms with Gasteiger partial charge in [0.2, 0.25) is 0 Å². The fraction of sp³-hybridized carbons (Fsp3) is 0. The van der Waals surface area contributed by atoms with Crippen LogP contribution in [0.3, 0.4) is 0 Å². The summed E-state index contributed by atoms with van der Waals surface area (Å²) in [5.41, 5.74) is 6.75. The van der Waals surface area contributed by atoms with E-state index >= 15 is 0 Å². The molecule has 8 aromatic carbocycles. The summed E-state index contributed by atoms with van der Waals surface area (Å²) in [7, 11) is -2.84. The maximum absolute atomic E-state index is 2.84. The summed E-state index contributed by atoms with van der Waals surface area (Å²) in [6.45, 7) is 0. The van der Waals surface area contributed by atoms with E-state index in [1.807, 2.05) is 0 Å². The molecule has 0 spiro atoms. The predicted molar refractivity (Wildman–Crippen MR) is 219 cm³/mol. The molecule has 0 fully saturated rings. The van der Waals surface area contributed by atoms with Crippen molar-refractivity contribution in [3.8, 4) is 0 Å². The number of nitrogens with zero attached hydrogens (tertiary/aromatic N) is 2. The highest BCUT2D eigenvalue weighted by Gasteiger charge is 2.41. The third kappa shape index (κ3) is 6.27. The van der Waals surface area contributed by atoms with Gasteiger partial charge in [0.1, 0.15) is 0 Å². The molecule has 0 heterocycles. The Kier molecular flexibility index (Phi) is 9.10. The average Bonchev–Trinajstić information content (AvgIpc) is 3.22. The van der Waals surface area contributed by atoms with Crippen molar-refractivity contribution in [1.82, 2.24) is 0 Å². The van der Waals surface area contributed by atoms with Crippen molar-refractivity contribution in [3.05, 3.63) is 231 Å². The van der Waals surface area contributed by atoms with Crippen LogP contribution < -0.4 is 30.5 Å². The van der Waals surface area contributed by atoms with Gasteiger partial charge in [-0.1, -0.05) is 158 Å². The molecule has 0 unspecified atom stereocenters. The van der Waals surface area contributed by atoms with Crippen LogP contribution in [0.5, 0.6) is 0 Å². The third-order valence-electron chi connectivity index (χ3n) is 9.57. The summed E-state index contributed by atoms with van der Waals surface area (Å²) < 4.78 is 0. The number of hydrogen-bond donors (Lipinski definition) is 0. The van der Waals surface area contributed by atoms with E-state index in [0.717, 1.165) is 34.1 Å². The normalized spacial score (nSPS) is 11.1. The zero-order valence-electron chi connectivity index (χ0n) is 28.3. The molecule has 0 aliphatic heterocycles. The lowest BCUT2D eigenvalue weighted by Gasteiger charge is -2.36. The van der Waals surface area contributed by atoms with E-state index in [2.05, 4.69) is 240 Å². The number of benzene rings is 8. The molecule has 8 aromatic rings. The van der Waals surface area contributed by atoms with E-state index < -0.39 is 8.07 Å². The molecule has 0 atom stereocenters. The Balaban J connectivity index is 1.35. The van der Waals surface area contributed by atoms with Crippen molar-refractivity contribution < 1.29 is 0 Å². The lowest BCUT2D eigenvalue weighted by atomic mass is 10.2. The summed E-state index contributed by atoms with van der Waals surface area (Å²) in [5, 5.41) is 5.34. The number of para-hydroxylation sites is 4. The second-order valence-electron chi connectivity index (χ2n) is 12.6. The molecule has 0 aromatic heterocycles. The highest BCUT2D eigenvalue weighted by Crippen LogP contribution is 2.35. The Morgan fingerprint density at radius 3 is 0.882 bits per heavy atom. The van der Waals surface area contributed by atoms with Crippen LogP contribution in [0.25, 0.3) is 0 Å². The lowest BCUT2D eigenvalue weighted by molar-refractivity contribution is 1.28. The molecule has 244 valence electrons. The van der Waals surface area contributed by atoms with Gasteiger partial charge in [0.15, 0.2) is 8.07 Å². The number of anilines is 6. The van der Waals surface area contributed by atoms with E-state index in [1.165, 1.54) is 20.7 Å². The molecule has 0 N–H and O–H groups in total. The van der Waals surface area contributed by atoms with Gasteiger partial charge in [-0.3, -0.25) is 0 Å². The minimum atomic E-state index is -2.84. The fourth-order valence-electron chi connectivity index (χ4n) is 7.32. The Morgan fingerprint density at radius 1 is 0.216 bits per heavy atom. The third-order valence-corrected chi connectivity index (χ3v) is 14.3. The molecular weight excluding hydrogens is 633 g/mol. The van der Waals surface area contributed by atoms with Crippen LogP contribution in [0, 0.1) is 0 Å². The standard InChI is InChI=1S/C48H38N2Si/c1-7-20-39(21-8-1)49(40-22-9-2-10-23-40)43-34-36-47(37-35-43)51(45-29-15-5-16-30-45,46-31-17-6-18-32-46)48-33-19-28-44(38-48)50(41-24-11-3-12-25-41)42-26-13-4-14-27-42/h1-38H. The first-order valence-corrected chi connectivity index (χ1v) is 19.4. The molecule has 3 heteroatoms. The summed E-state index contributed by atoms with van der Waals surface area (Å²) in [6, 6.07) is 83.4. The van der Waals surface area contributed by atoms with Gasteiger partial charge in [0, 0.05) is 34.1 Å². The van der Waals surface area contributed by atoms with Crippen molar-refractivity contribution in [2.45, 2.75) is 0 Å². The molecule has 0 saturated heterocycles. The topological polar surface area (TPSA) is 6.48 Å². The Morgan fingerprint density at radius 2 is 0.490 bits per heavy atom. The maximum atomic E-state index is 2.43. The second kappa shape index (κ2) is 14.6. The summed E-state index contributed by atoms with van der Waals surface area (Å²) >= 11 is 0. The molecule has 51 heavy (non-hydrogen) atoms. The van der Waals surface area contributed by atoms with Crippen LogP contribution >= 0.6 is 0 Å². The summed E-state index contributed by atoms with van der Waals surface area (Å²) in [4.78, 5) is 4.69. The van der Waals surface area contributed by atoms with Crippen LogP contribution in [0.1, 0.15) is 0 Å². The van der Waals surface area contributed by atoms with Crippen molar-refractivity contribution in [3.63, 3.8) is 0 Å². The van der Waals surface area contributed by atoms with Crippen LogP contribution in [-0.4, -0.2) is 8.07 Å². The van der Waals surface area contributed by atoms with Gasteiger partial charge in [-0.05, 0) is 93.5 Å². The molecule has 8 rings (SSSR count). The predicted octanol–water partition coefficient (Wildman–Crippen LogP) is 10.0. The van der Waals surface area contributed by atoms with Gasteiger partial charge in [-0.25, -0.2) is 0 Å². The van der Waals surface area contributed by atoms with Crippen molar-refractivity contribution in [2.75, 3.05) is 9.80 Å². The first-order valence-electron chi connectivity index (χ1n) is 17.4. The van der Waals surface area contributed by atoms with Gasteiger partial charge < -0.3 is 9.80 Å². The highest BCUT2D eigenvalue weighted by atomic mass is 28.3. The molecule has 0 radical (unpaired) electrons. The number of hydrogen-bond acceptors (Lipinski definition) is 2. The zero-order valence-corrected chi connectivity index (χ0v) is 29.3. The van der Waals surface area contributed by atoms with E-state index in [-0.39, 0.29) is 0 Å². The minimum absolute atomic E-state index is 1.12. The highest BCUT2D eigenvalue weighted by molar-refractivity contribution is 7.19. The van der Waals surface area contributed by atoms with Crippen LogP contribution in [0.15, 0.2) is 231 Å². The lowest BCUT2D eigenvalue weighted by Crippen LogP contribution is -2.74. The molecule has 0 bridgehead atoms. The van der Waals surface area contributed by atoms with Crippen molar-refractivity contribution in [2.24, 2.45) is 0 Å². The smallest absolute Gasteiger partial charge is 0.179 e. The maximum Gasteiger partial charge on any atom is 0.179 e. The molecule has 0 saturated carbocycles. The molecule has 0 amide bonds. The average molecular weight is 671 g/mol. The van der Waals surface area contributed by atoms with E-state index in [0.29, 0.717) is 0 Å². The van der Waals surface area contributed by atoms with Gasteiger partial charge in [-0.2, -0.15) is 0 Å². The molecule has 0 aliphatic rings. The molecule has 0 aliphatic carbocycles. The monoisotopic (exact) mass is 670 g/mol. The SMILES string of the molecule is c1ccc(N(c2ccccc2)c2ccc([Si](c3ccccc3)(c3ccccc3)c3cccc(N(c4ccccc4)c4ccccc4)c3)cc2)cc1. The van der Waals surface area contributed by atoms with E-state index in [9.17, 15) is 0 Å². The second-order valence-corrected chi connectivity index (χ2v) is 16.4. The molecule has 2 nitrogen and oxygen atoms in total. The Bertz CT molecular complexity index is 2160. The first kappa shape index (κ1) is 31.8. The van der Waals surface area contributed by atoms with E-state index in [4.69, 9.17) is 0 Å². The van der Waals surface area contributed by atoms with Crippen molar-refractivity contribution >= 4 is 62.9 Å². The fourth-order valence-corrected chi connectivity index (χ4v) is 12.1. The number of rotatable bonds is 10. The van der Waals surface area contributed by atoms with E-state index in [1.54, 1.807) is 0 Å². The van der Waals surface area contributed by atoms with Gasteiger partial charge in [-0.15, -0.1) is 0 Å². The largest absolute Gasteiger partial charge is 0.311 e. The summed E-state index contributed by atoms with van der Waals surface area (Å²) in [5.74, 6) is 0. The minimum Gasteiger partial charge on any atom is -0.311 e. The quantitative estimate of drug-likeness (QED) is 0.106. The Hall–Kier alpha value is -6.42.